The highest BCUT2D eigenvalue weighted by Gasteiger charge is 2.28. The lowest BCUT2D eigenvalue weighted by atomic mass is 10.1. The molecular formula is C27H29N5O2S. The van der Waals surface area contributed by atoms with Gasteiger partial charge in [0.05, 0.1) is 15.8 Å². The summed E-state index contributed by atoms with van der Waals surface area (Å²) >= 11 is 1.39. The highest BCUT2D eigenvalue weighted by molar-refractivity contribution is 7.20. The zero-order chi connectivity index (χ0) is 23.9. The second-order valence-electron chi connectivity index (χ2n) is 9.59. The molecule has 2 aliphatic rings. The second-order valence-corrected chi connectivity index (χ2v) is 10.6. The van der Waals surface area contributed by atoms with E-state index in [2.05, 4.69) is 34.1 Å². The number of aromatic nitrogens is 3. The van der Waals surface area contributed by atoms with Crippen LogP contribution in [0.1, 0.15) is 45.9 Å². The van der Waals surface area contributed by atoms with E-state index < -0.39 is 0 Å². The first-order valence-electron chi connectivity index (χ1n) is 12.5. The Labute approximate surface area is 208 Å². The molecule has 1 amide bonds. The van der Waals surface area contributed by atoms with Gasteiger partial charge in [0.15, 0.2) is 0 Å². The Morgan fingerprint density at radius 1 is 1.03 bits per heavy atom. The number of piperazine rings is 1. The molecule has 35 heavy (non-hydrogen) atoms. The number of hydrogen-bond acceptors (Lipinski definition) is 6. The van der Waals surface area contributed by atoms with Gasteiger partial charge in [-0.3, -0.25) is 24.0 Å². The molecule has 0 atom stereocenters. The van der Waals surface area contributed by atoms with Crippen LogP contribution in [0.5, 0.6) is 0 Å². The Morgan fingerprint density at radius 3 is 2.71 bits per heavy atom. The highest BCUT2D eigenvalue weighted by atomic mass is 32.1. The average molecular weight is 488 g/mol. The van der Waals surface area contributed by atoms with Gasteiger partial charge in [0.2, 0.25) is 0 Å². The summed E-state index contributed by atoms with van der Waals surface area (Å²) in [7, 11) is 0. The zero-order valence-corrected chi connectivity index (χ0v) is 20.8. The van der Waals surface area contributed by atoms with Crippen molar-refractivity contribution >= 4 is 38.4 Å². The van der Waals surface area contributed by atoms with E-state index in [1.165, 1.54) is 16.9 Å². The quantitative estimate of drug-likeness (QED) is 0.437. The molecule has 0 N–H and O–H groups in total. The van der Waals surface area contributed by atoms with Crippen molar-refractivity contribution in [2.24, 2.45) is 0 Å². The molecule has 0 aliphatic carbocycles. The van der Waals surface area contributed by atoms with Crippen molar-refractivity contribution in [2.45, 2.75) is 45.7 Å². The van der Waals surface area contributed by atoms with E-state index >= 15 is 0 Å². The van der Waals surface area contributed by atoms with Crippen molar-refractivity contribution in [1.82, 2.24) is 24.3 Å². The van der Waals surface area contributed by atoms with Crippen LogP contribution in [-0.4, -0.2) is 56.4 Å². The summed E-state index contributed by atoms with van der Waals surface area (Å²) in [6.45, 7) is 6.43. The molecule has 0 unspecified atom stereocenters. The first-order chi connectivity index (χ1) is 17.1. The number of aryl methyl sites for hydroxylation is 2. The maximum absolute atomic E-state index is 13.5. The number of amides is 1. The van der Waals surface area contributed by atoms with E-state index in [4.69, 9.17) is 4.98 Å². The van der Waals surface area contributed by atoms with E-state index in [0.29, 0.717) is 28.2 Å². The van der Waals surface area contributed by atoms with E-state index in [9.17, 15) is 9.59 Å². The van der Waals surface area contributed by atoms with Crippen molar-refractivity contribution in [3.8, 4) is 0 Å². The van der Waals surface area contributed by atoms with Crippen molar-refractivity contribution in [3.05, 3.63) is 68.7 Å². The third-order valence-electron chi connectivity index (χ3n) is 7.38. The van der Waals surface area contributed by atoms with Crippen LogP contribution in [0.3, 0.4) is 0 Å². The van der Waals surface area contributed by atoms with E-state index in [0.717, 1.165) is 74.2 Å². The van der Waals surface area contributed by atoms with Gasteiger partial charge in [0, 0.05) is 57.3 Å². The Bertz CT molecular complexity index is 1480. The summed E-state index contributed by atoms with van der Waals surface area (Å²) in [6.07, 6.45) is 5.87. The van der Waals surface area contributed by atoms with Gasteiger partial charge in [-0.1, -0.05) is 30.7 Å². The number of thiophene rings is 1. The van der Waals surface area contributed by atoms with Crippen LogP contribution >= 0.6 is 11.3 Å². The molecule has 2 aliphatic heterocycles. The Morgan fingerprint density at radius 2 is 1.86 bits per heavy atom. The third kappa shape index (κ3) is 4.04. The van der Waals surface area contributed by atoms with Gasteiger partial charge in [0.1, 0.15) is 10.7 Å². The van der Waals surface area contributed by atoms with Crippen LogP contribution in [0.15, 0.2) is 41.3 Å². The van der Waals surface area contributed by atoms with Crippen molar-refractivity contribution in [1.29, 1.82) is 0 Å². The first-order valence-corrected chi connectivity index (χ1v) is 13.3. The number of carbonyl (C=O) groups is 1. The summed E-state index contributed by atoms with van der Waals surface area (Å²) in [5, 5.41) is 1.78. The summed E-state index contributed by atoms with van der Waals surface area (Å²) in [4.78, 5) is 41.8. The fourth-order valence-electron chi connectivity index (χ4n) is 5.40. The van der Waals surface area contributed by atoms with Crippen molar-refractivity contribution in [3.63, 3.8) is 0 Å². The molecule has 6 rings (SSSR count). The molecule has 0 spiro atoms. The van der Waals surface area contributed by atoms with Crippen LogP contribution < -0.4 is 5.56 Å². The van der Waals surface area contributed by atoms with Gasteiger partial charge < -0.3 is 4.90 Å². The monoisotopic (exact) mass is 487 g/mol. The van der Waals surface area contributed by atoms with Crippen LogP contribution in [0.4, 0.5) is 0 Å². The number of nitrogens with zero attached hydrogens (tertiary/aromatic N) is 5. The van der Waals surface area contributed by atoms with Gasteiger partial charge in [-0.15, -0.1) is 11.3 Å². The van der Waals surface area contributed by atoms with Gasteiger partial charge in [-0.05, 0) is 37.0 Å². The SMILES string of the molecule is Cc1c(C(=O)N2CCN(Cc3cccc4cccnc34)CC2)sc2nc3n(c(=O)c12)CCCCC3. The number of fused-ring (bicyclic) bond motifs is 3. The van der Waals surface area contributed by atoms with Crippen molar-refractivity contribution < 1.29 is 4.79 Å². The largest absolute Gasteiger partial charge is 0.335 e. The minimum atomic E-state index is 0.0215. The predicted molar refractivity (Wildman–Crippen MR) is 139 cm³/mol. The maximum atomic E-state index is 13.5. The van der Waals surface area contributed by atoms with E-state index in [1.807, 2.05) is 28.7 Å². The smallest absolute Gasteiger partial charge is 0.264 e. The van der Waals surface area contributed by atoms with Gasteiger partial charge in [-0.25, -0.2) is 4.98 Å². The fraction of sp³-hybridized carbons (Fsp3) is 0.407. The molecule has 0 saturated carbocycles. The molecular weight excluding hydrogens is 458 g/mol. The lowest BCUT2D eigenvalue weighted by Crippen LogP contribution is -2.48. The zero-order valence-electron chi connectivity index (χ0n) is 20.0. The predicted octanol–water partition coefficient (Wildman–Crippen LogP) is 4.00. The van der Waals surface area contributed by atoms with Gasteiger partial charge >= 0.3 is 0 Å². The molecule has 8 heteroatoms. The number of benzene rings is 1. The summed E-state index contributed by atoms with van der Waals surface area (Å²) in [5.41, 5.74) is 3.07. The van der Waals surface area contributed by atoms with Gasteiger partial charge in [0.25, 0.3) is 11.5 Å². The Kier molecular flexibility index (Phi) is 5.86. The lowest BCUT2D eigenvalue weighted by molar-refractivity contribution is 0.0633. The summed E-state index contributed by atoms with van der Waals surface area (Å²) in [6, 6.07) is 10.4. The Hall–Kier alpha value is -3.10. The number of carbonyl (C=O) groups excluding carboxylic acids is 1. The number of pyridine rings is 1. The van der Waals surface area contributed by atoms with Crippen LogP contribution in [0.2, 0.25) is 0 Å². The van der Waals surface area contributed by atoms with Gasteiger partial charge in [-0.2, -0.15) is 0 Å². The summed E-state index contributed by atoms with van der Waals surface area (Å²) in [5.74, 6) is 0.897. The standard InChI is InChI=1S/C27H29N5O2S/c1-18-22-25(29-21-10-3-2-4-12-32(21)26(22)33)35-24(18)27(34)31-15-13-30(14-16-31)17-20-8-5-7-19-9-6-11-28-23(19)20/h5-9,11H,2-4,10,12-17H2,1H3. The molecule has 0 radical (unpaired) electrons. The highest BCUT2D eigenvalue weighted by Crippen LogP contribution is 2.30. The molecule has 180 valence electrons. The average Bonchev–Trinajstić information content (AvgIpc) is 3.04. The number of rotatable bonds is 3. The molecule has 1 saturated heterocycles. The van der Waals surface area contributed by atoms with Crippen LogP contribution in [-0.2, 0) is 19.5 Å². The minimum Gasteiger partial charge on any atom is -0.335 e. The lowest BCUT2D eigenvalue weighted by Gasteiger charge is -2.34. The third-order valence-corrected chi connectivity index (χ3v) is 8.55. The van der Waals surface area contributed by atoms with Crippen molar-refractivity contribution in [2.75, 3.05) is 26.2 Å². The minimum absolute atomic E-state index is 0.0215. The molecule has 0 bridgehead atoms. The fourth-order valence-corrected chi connectivity index (χ4v) is 6.56. The Balaban J connectivity index is 1.20. The molecule has 5 heterocycles. The van der Waals surface area contributed by atoms with E-state index in [-0.39, 0.29) is 11.5 Å². The number of para-hydroxylation sites is 1. The summed E-state index contributed by atoms with van der Waals surface area (Å²) < 4.78 is 1.84. The second kappa shape index (κ2) is 9.17. The molecule has 1 fully saturated rings. The maximum Gasteiger partial charge on any atom is 0.264 e. The first kappa shape index (κ1) is 22.4. The van der Waals surface area contributed by atoms with Crippen LogP contribution in [0, 0.1) is 6.92 Å². The van der Waals surface area contributed by atoms with Crippen LogP contribution in [0.25, 0.3) is 21.1 Å². The molecule has 7 nitrogen and oxygen atoms in total. The molecule has 4 aromatic rings. The number of hydrogen-bond donors (Lipinski definition) is 0. The van der Waals surface area contributed by atoms with E-state index in [1.54, 1.807) is 0 Å². The molecule has 3 aromatic heterocycles. The topological polar surface area (TPSA) is 71.3 Å². The molecule has 1 aromatic carbocycles. The normalized spacial score (nSPS) is 17.0.